The van der Waals surface area contributed by atoms with Crippen LogP contribution in [0.15, 0.2) is 54.6 Å². The van der Waals surface area contributed by atoms with Gasteiger partial charge in [0.15, 0.2) is 0 Å². The van der Waals surface area contributed by atoms with E-state index in [2.05, 4.69) is 5.32 Å². The lowest BCUT2D eigenvalue weighted by atomic mass is 10.0. The van der Waals surface area contributed by atoms with Crippen molar-refractivity contribution in [2.75, 3.05) is 0 Å². The molecule has 4 nitrogen and oxygen atoms in total. The molecular formula is C18H22N2O2. The molecule has 2 unspecified atom stereocenters. The van der Waals surface area contributed by atoms with Gasteiger partial charge in [-0.15, -0.1) is 0 Å². The maximum absolute atomic E-state index is 11.2. The number of hydrogen-bond acceptors (Lipinski definition) is 3. The number of rotatable bonds is 7. The number of nitrogens with two attached hydrogens (primary N) is 1. The lowest BCUT2D eigenvalue weighted by Crippen LogP contribution is -2.38. The molecule has 1 amide bonds. The standard InChI is InChI=1S/C18H22N2O2/c1-13(17(21)11-14-6-3-2-4-7-14)20-12-15-8-5-9-16(10-15)18(19)22/h2-10,13,17,20-21H,11-12H2,1H3,(H2,19,22). The number of carbonyl (C=O) groups is 1. The van der Waals surface area contributed by atoms with Gasteiger partial charge in [0.05, 0.1) is 6.10 Å². The van der Waals surface area contributed by atoms with E-state index in [0.717, 1.165) is 11.1 Å². The summed E-state index contributed by atoms with van der Waals surface area (Å²) >= 11 is 0. The van der Waals surface area contributed by atoms with Crippen LogP contribution in [0.2, 0.25) is 0 Å². The molecule has 0 aliphatic carbocycles. The first-order valence-electron chi connectivity index (χ1n) is 7.40. The Morgan fingerprint density at radius 3 is 2.50 bits per heavy atom. The highest BCUT2D eigenvalue weighted by molar-refractivity contribution is 5.92. The van der Waals surface area contributed by atoms with Crippen LogP contribution >= 0.6 is 0 Å². The van der Waals surface area contributed by atoms with Gasteiger partial charge < -0.3 is 16.2 Å². The molecule has 0 radical (unpaired) electrons. The van der Waals surface area contributed by atoms with E-state index in [1.165, 1.54) is 0 Å². The minimum Gasteiger partial charge on any atom is -0.391 e. The number of hydrogen-bond donors (Lipinski definition) is 3. The van der Waals surface area contributed by atoms with Gasteiger partial charge in [-0.3, -0.25) is 4.79 Å². The Balaban J connectivity index is 1.88. The Morgan fingerprint density at radius 2 is 1.82 bits per heavy atom. The maximum atomic E-state index is 11.2. The second-order valence-corrected chi connectivity index (χ2v) is 5.49. The minimum absolute atomic E-state index is 0.0579. The number of carbonyl (C=O) groups excluding carboxylic acids is 1. The SMILES string of the molecule is CC(NCc1cccc(C(N)=O)c1)C(O)Cc1ccccc1. The summed E-state index contributed by atoms with van der Waals surface area (Å²) in [5.74, 6) is -0.431. The molecule has 0 saturated carbocycles. The molecule has 0 spiro atoms. The van der Waals surface area contributed by atoms with E-state index in [1.807, 2.05) is 49.4 Å². The van der Waals surface area contributed by atoms with Crippen LogP contribution in [-0.2, 0) is 13.0 Å². The number of aliphatic hydroxyl groups is 1. The predicted molar refractivity (Wildman–Crippen MR) is 87.4 cm³/mol. The van der Waals surface area contributed by atoms with Crippen molar-refractivity contribution < 1.29 is 9.90 Å². The number of aliphatic hydroxyl groups excluding tert-OH is 1. The van der Waals surface area contributed by atoms with Gasteiger partial charge in [0, 0.05) is 18.2 Å². The Kier molecular flexibility index (Phi) is 5.69. The van der Waals surface area contributed by atoms with Crippen LogP contribution in [0, 0.1) is 0 Å². The Bertz CT molecular complexity index is 613. The first-order valence-corrected chi connectivity index (χ1v) is 7.40. The summed E-state index contributed by atoms with van der Waals surface area (Å²) in [4.78, 5) is 11.2. The van der Waals surface area contributed by atoms with Crippen molar-refractivity contribution in [3.8, 4) is 0 Å². The fourth-order valence-electron chi connectivity index (χ4n) is 2.28. The molecule has 0 aliphatic rings. The summed E-state index contributed by atoms with van der Waals surface area (Å²) in [7, 11) is 0. The molecule has 0 aliphatic heterocycles. The van der Waals surface area contributed by atoms with Crippen LogP contribution in [-0.4, -0.2) is 23.2 Å². The summed E-state index contributed by atoms with van der Waals surface area (Å²) in [6.45, 7) is 2.53. The highest BCUT2D eigenvalue weighted by Gasteiger charge is 2.14. The number of amides is 1. The van der Waals surface area contributed by atoms with Gasteiger partial charge in [-0.05, 0) is 36.6 Å². The van der Waals surface area contributed by atoms with E-state index >= 15 is 0 Å². The van der Waals surface area contributed by atoms with Gasteiger partial charge in [0.2, 0.25) is 5.91 Å². The molecule has 0 bridgehead atoms. The third kappa shape index (κ3) is 4.69. The zero-order valence-corrected chi connectivity index (χ0v) is 12.7. The van der Waals surface area contributed by atoms with Crippen LogP contribution in [0.25, 0.3) is 0 Å². The van der Waals surface area contributed by atoms with Crippen LogP contribution in [0.4, 0.5) is 0 Å². The monoisotopic (exact) mass is 298 g/mol. The molecule has 2 aromatic carbocycles. The predicted octanol–water partition coefficient (Wildman–Crippen LogP) is 1.87. The van der Waals surface area contributed by atoms with Gasteiger partial charge >= 0.3 is 0 Å². The Morgan fingerprint density at radius 1 is 1.14 bits per heavy atom. The molecule has 22 heavy (non-hydrogen) atoms. The Hall–Kier alpha value is -2.17. The first kappa shape index (κ1) is 16.2. The summed E-state index contributed by atoms with van der Waals surface area (Å²) in [6, 6.07) is 17.0. The average Bonchev–Trinajstić information content (AvgIpc) is 2.53. The number of benzene rings is 2. The normalized spacial score (nSPS) is 13.5. The summed E-state index contributed by atoms with van der Waals surface area (Å²) in [5.41, 5.74) is 7.85. The van der Waals surface area contributed by atoms with E-state index in [-0.39, 0.29) is 6.04 Å². The second kappa shape index (κ2) is 7.73. The van der Waals surface area contributed by atoms with Crippen molar-refractivity contribution >= 4 is 5.91 Å². The highest BCUT2D eigenvalue weighted by Crippen LogP contribution is 2.08. The topological polar surface area (TPSA) is 75.3 Å². The van der Waals surface area contributed by atoms with Crippen molar-refractivity contribution in [3.05, 3.63) is 71.3 Å². The van der Waals surface area contributed by atoms with Gasteiger partial charge in [-0.25, -0.2) is 0 Å². The molecule has 4 N–H and O–H groups in total. The molecule has 2 atom stereocenters. The van der Waals surface area contributed by atoms with Crippen molar-refractivity contribution in [2.45, 2.75) is 32.0 Å². The molecule has 0 saturated heterocycles. The third-order valence-electron chi connectivity index (χ3n) is 3.70. The second-order valence-electron chi connectivity index (χ2n) is 5.49. The fourth-order valence-corrected chi connectivity index (χ4v) is 2.28. The fraction of sp³-hybridized carbons (Fsp3) is 0.278. The van der Waals surface area contributed by atoms with Crippen molar-refractivity contribution in [1.29, 1.82) is 0 Å². The summed E-state index contributed by atoms with van der Waals surface area (Å²) in [5, 5.41) is 13.5. The smallest absolute Gasteiger partial charge is 0.248 e. The number of primary amides is 1. The van der Waals surface area contributed by atoms with E-state index in [9.17, 15) is 9.90 Å². The van der Waals surface area contributed by atoms with Gasteiger partial charge in [-0.2, -0.15) is 0 Å². The van der Waals surface area contributed by atoms with Crippen molar-refractivity contribution in [2.24, 2.45) is 5.73 Å². The number of nitrogens with one attached hydrogen (secondary N) is 1. The summed E-state index contributed by atoms with van der Waals surface area (Å²) in [6.07, 6.45) is 0.137. The molecule has 116 valence electrons. The molecule has 0 fully saturated rings. The molecule has 2 rings (SSSR count). The first-order chi connectivity index (χ1) is 10.6. The van der Waals surface area contributed by atoms with E-state index in [1.54, 1.807) is 12.1 Å². The quantitative estimate of drug-likeness (QED) is 0.730. The van der Waals surface area contributed by atoms with Gasteiger partial charge in [0.1, 0.15) is 0 Å². The van der Waals surface area contributed by atoms with E-state index < -0.39 is 12.0 Å². The lowest BCUT2D eigenvalue weighted by molar-refractivity contribution is 0.1000. The zero-order valence-electron chi connectivity index (χ0n) is 12.7. The van der Waals surface area contributed by atoms with E-state index in [0.29, 0.717) is 18.5 Å². The van der Waals surface area contributed by atoms with Crippen LogP contribution in [0.3, 0.4) is 0 Å². The lowest BCUT2D eigenvalue weighted by Gasteiger charge is -2.20. The molecule has 4 heteroatoms. The minimum atomic E-state index is -0.471. The van der Waals surface area contributed by atoms with Crippen molar-refractivity contribution in [3.63, 3.8) is 0 Å². The van der Waals surface area contributed by atoms with Gasteiger partial charge in [0.25, 0.3) is 0 Å². The third-order valence-corrected chi connectivity index (χ3v) is 3.70. The largest absolute Gasteiger partial charge is 0.391 e. The maximum Gasteiger partial charge on any atom is 0.248 e. The molecular weight excluding hydrogens is 276 g/mol. The summed E-state index contributed by atoms with van der Waals surface area (Å²) < 4.78 is 0. The molecule has 0 heterocycles. The van der Waals surface area contributed by atoms with Gasteiger partial charge in [-0.1, -0.05) is 42.5 Å². The van der Waals surface area contributed by atoms with Crippen LogP contribution in [0.1, 0.15) is 28.4 Å². The average molecular weight is 298 g/mol. The van der Waals surface area contributed by atoms with E-state index in [4.69, 9.17) is 5.73 Å². The molecule has 2 aromatic rings. The van der Waals surface area contributed by atoms with Crippen LogP contribution < -0.4 is 11.1 Å². The van der Waals surface area contributed by atoms with Crippen molar-refractivity contribution in [1.82, 2.24) is 5.32 Å². The highest BCUT2D eigenvalue weighted by atomic mass is 16.3. The Labute approximate surface area is 131 Å². The molecule has 0 aromatic heterocycles. The zero-order chi connectivity index (χ0) is 15.9. The van der Waals surface area contributed by atoms with Crippen LogP contribution in [0.5, 0.6) is 0 Å².